The minimum atomic E-state index is -0.276. The Kier molecular flexibility index (Phi) is 4.28. The fraction of sp³-hybridized carbons (Fsp3) is 0.167. The van der Waals surface area contributed by atoms with Crippen LogP contribution in [0.5, 0.6) is 0 Å². The van der Waals surface area contributed by atoms with Crippen LogP contribution in [0.25, 0.3) is 0 Å². The van der Waals surface area contributed by atoms with Crippen LogP contribution in [0, 0.1) is 5.82 Å². The monoisotopic (exact) mass is 267 g/mol. The molecule has 1 aromatic carbocycles. The van der Waals surface area contributed by atoms with Gasteiger partial charge in [0.2, 0.25) is 0 Å². The SMILES string of the molecule is O=C(CSc1cccc(F)c1)Cc1nccs1. The van der Waals surface area contributed by atoms with E-state index in [1.54, 1.807) is 18.3 Å². The van der Waals surface area contributed by atoms with Gasteiger partial charge in [0.25, 0.3) is 0 Å². The smallest absolute Gasteiger partial charge is 0.149 e. The Hall–Kier alpha value is -1.20. The number of carbonyl (C=O) groups is 1. The first-order valence-corrected chi connectivity index (χ1v) is 6.89. The van der Waals surface area contributed by atoms with Gasteiger partial charge in [-0.15, -0.1) is 23.1 Å². The van der Waals surface area contributed by atoms with Gasteiger partial charge in [-0.1, -0.05) is 6.07 Å². The van der Waals surface area contributed by atoms with E-state index in [1.165, 1.54) is 35.2 Å². The molecule has 2 aromatic rings. The van der Waals surface area contributed by atoms with Gasteiger partial charge >= 0.3 is 0 Å². The Labute approximate surface area is 107 Å². The lowest BCUT2D eigenvalue weighted by Gasteiger charge is -2.00. The molecule has 2 rings (SSSR count). The molecule has 88 valence electrons. The number of hydrogen-bond acceptors (Lipinski definition) is 4. The van der Waals surface area contributed by atoms with Gasteiger partial charge in [0, 0.05) is 16.5 Å². The van der Waals surface area contributed by atoms with Gasteiger partial charge in [0.1, 0.15) is 11.6 Å². The molecule has 0 radical (unpaired) electrons. The number of carbonyl (C=O) groups excluding carboxylic acids is 1. The van der Waals surface area contributed by atoms with Crippen LogP contribution >= 0.6 is 23.1 Å². The minimum Gasteiger partial charge on any atom is -0.298 e. The zero-order valence-electron chi connectivity index (χ0n) is 8.93. The lowest BCUT2D eigenvalue weighted by atomic mass is 10.3. The first-order chi connectivity index (χ1) is 8.24. The summed E-state index contributed by atoms with van der Waals surface area (Å²) in [5, 5.41) is 2.68. The summed E-state index contributed by atoms with van der Waals surface area (Å²) in [5.41, 5.74) is 0. The zero-order valence-corrected chi connectivity index (χ0v) is 10.6. The Bertz CT molecular complexity index is 499. The number of ketones is 1. The third-order valence-electron chi connectivity index (χ3n) is 2.03. The molecule has 0 bridgehead atoms. The summed E-state index contributed by atoms with van der Waals surface area (Å²) in [4.78, 5) is 16.4. The number of thioether (sulfide) groups is 1. The molecule has 5 heteroatoms. The highest BCUT2D eigenvalue weighted by molar-refractivity contribution is 8.00. The molecular formula is C12H10FNOS2. The van der Waals surface area contributed by atoms with Crippen molar-refractivity contribution < 1.29 is 9.18 Å². The highest BCUT2D eigenvalue weighted by atomic mass is 32.2. The molecule has 1 heterocycles. The second kappa shape index (κ2) is 5.93. The van der Waals surface area contributed by atoms with E-state index in [0.29, 0.717) is 12.2 Å². The van der Waals surface area contributed by atoms with Crippen molar-refractivity contribution in [2.24, 2.45) is 0 Å². The van der Waals surface area contributed by atoms with E-state index in [0.717, 1.165) is 9.90 Å². The molecule has 2 nitrogen and oxygen atoms in total. The van der Waals surface area contributed by atoms with Gasteiger partial charge in [-0.2, -0.15) is 0 Å². The fourth-order valence-electron chi connectivity index (χ4n) is 1.28. The van der Waals surface area contributed by atoms with E-state index >= 15 is 0 Å². The van der Waals surface area contributed by atoms with Gasteiger partial charge in [-0.3, -0.25) is 4.79 Å². The Balaban J connectivity index is 1.84. The second-order valence-corrected chi connectivity index (χ2v) is 5.42. The highest BCUT2D eigenvalue weighted by Gasteiger charge is 2.06. The molecule has 1 aromatic heterocycles. The van der Waals surface area contributed by atoms with E-state index in [9.17, 15) is 9.18 Å². The molecule has 0 fully saturated rings. The summed E-state index contributed by atoms with van der Waals surface area (Å²) in [5.74, 6) is 0.180. The number of benzene rings is 1. The number of rotatable bonds is 5. The predicted octanol–water partition coefficient (Wildman–Crippen LogP) is 3.19. The van der Waals surface area contributed by atoms with E-state index in [2.05, 4.69) is 4.98 Å². The number of hydrogen-bond donors (Lipinski definition) is 0. The summed E-state index contributed by atoms with van der Waals surface area (Å²) in [7, 11) is 0. The van der Waals surface area contributed by atoms with Crippen molar-refractivity contribution in [3.63, 3.8) is 0 Å². The Morgan fingerprint density at radius 2 is 2.35 bits per heavy atom. The average Bonchev–Trinajstić information content (AvgIpc) is 2.79. The topological polar surface area (TPSA) is 30.0 Å². The predicted molar refractivity (Wildman–Crippen MR) is 67.9 cm³/mol. The summed E-state index contributed by atoms with van der Waals surface area (Å²) in [6.45, 7) is 0. The first kappa shape index (κ1) is 12.3. The molecule has 0 N–H and O–H groups in total. The maximum Gasteiger partial charge on any atom is 0.149 e. The van der Waals surface area contributed by atoms with Gasteiger partial charge in [0.05, 0.1) is 17.2 Å². The van der Waals surface area contributed by atoms with Gasteiger partial charge in [0.15, 0.2) is 0 Å². The second-order valence-electron chi connectivity index (χ2n) is 3.39. The van der Waals surface area contributed by atoms with Crippen LogP contribution in [-0.2, 0) is 11.2 Å². The summed E-state index contributed by atoms with van der Waals surface area (Å²) in [6.07, 6.45) is 2.05. The van der Waals surface area contributed by atoms with Crippen molar-refractivity contribution in [1.82, 2.24) is 4.98 Å². The molecule has 0 aliphatic rings. The van der Waals surface area contributed by atoms with Crippen molar-refractivity contribution in [2.75, 3.05) is 5.75 Å². The van der Waals surface area contributed by atoms with Gasteiger partial charge < -0.3 is 0 Å². The lowest BCUT2D eigenvalue weighted by Crippen LogP contribution is -2.05. The third kappa shape index (κ3) is 3.94. The normalized spacial score (nSPS) is 10.4. The van der Waals surface area contributed by atoms with E-state index in [4.69, 9.17) is 0 Å². The Morgan fingerprint density at radius 3 is 3.06 bits per heavy atom. The van der Waals surface area contributed by atoms with Crippen LogP contribution in [0.4, 0.5) is 4.39 Å². The van der Waals surface area contributed by atoms with Crippen molar-refractivity contribution >= 4 is 28.9 Å². The molecule has 0 saturated carbocycles. The molecular weight excluding hydrogens is 257 g/mol. The molecule has 0 unspecified atom stereocenters. The number of Topliss-reactive ketones (excluding diaryl/α,β-unsaturated/α-hetero) is 1. The van der Waals surface area contributed by atoms with Crippen LogP contribution in [0.1, 0.15) is 5.01 Å². The Morgan fingerprint density at radius 1 is 1.47 bits per heavy atom. The van der Waals surface area contributed by atoms with E-state index in [-0.39, 0.29) is 11.6 Å². The maximum absolute atomic E-state index is 12.9. The lowest BCUT2D eigenvalue weighted by molar-refractivity contribution is -0.116. The molecule has 0 saturated heterocycles. The molecule has 0 atom stereocenters. The van der Waals surface area contributed by atoms with Crippen LogP contribution < -0.4 is 0 Å². The van der Waals surface area contributed by atoms with E-state index in [1.807, 2.05) is 5.38 Å². The standard InChI is InChI=1S/C12H10FNOS2/c13-9-2-1-3-11(6-9)17-8-10(15)7-12-14-4-5-16-12/h1-6H,7-8H2. The van der Waals surface area contributed by atoms with Crippen LogP contribution in [-0.4, -0.2) is 16.5 Å². The summed E-state index contributed by atoms with van der Waals surface area (Å²) >= 11 is 2.83. The van der Waals surface area contributed by atoms with Crippen molar-refractivity contribution in [1.29, 1.82) is 0 Å². The zero-order chi connectivity index (χ0) is 12.1. The van der Waals surface area contributed by atoms with E-state index < -0.39 is 0 Å². The molecule has 0 aliphatic carbocycles. The van der Waals surface area contributed by atoms with Crippen molar-refractivity contribution in [3.05, 3.63) is 46.7 Å². The molecule has 0 spiro atoms. The molecule has 17 heavy (non-hydrogen) atoms. The van der Waals surface area contributed by atoms with Crippen LogP contribution in [0.15, 0.2) is 40.7 Å². The number of thiazole rings is 1. The largest absolute Gasteiger partial charge is 0.298 e. The number of aromatic nitrogens is 1. The number of halogens is 1. The third-order valence-corrected chi connectivity index (χ3v) is 3.86. The van der Waals surface area contributed by atoms with Crippen molar-refractivity contribution in [2.45, 2.75) is 11.3 Å². The average molecular weight is 267 g/mol. The first-order valence-electron chi connectivity index (χ1n) is 5.02. The quantitative estimate of drug-likeness (QED) is 0.779. The molecule has 0 amide bonds. The van der Waals surface area contributed by atoms with Crippen LogP contribution in [0.2, 0.25) is 0 Å². The van der Waals surface area contributed by atoms with Gasteiger partial charge in [-0.25, -0.2) is 9.37 Å². The molecule has 0 aliphatic heterocycles. The minimum absolute atomic E-state index is 0.106. The summed E-state index contributed by atoms with van der Waals surface area (Å²) < 4.78 is 12.9. The van der Waals surface area contributed by atoms with Crippen LogP contribution in [0.3, 0.4) is 0 Å². The maximum atomic E-state index is 12.9. The summed E-state index contributed by atoms with van der Waals surface area (Å²) in [6, 6.07) is 6.26. The fourth-order valence-corrected chi connectivity index (χ4v) is 2.73. The van der Waals surface area contributed by atoms with Crippen molar-refractivity contribution in [3.8, 4) is 0 Å². The van der Waals surface area contributed by atoms with Gasteiger partial charge in [-0.05, 0) is 18.2 Å². The number of nitrogens with zero attached hydrogens (tertiary/aromatic N) is 1. The highest BCUT2D eigenvalue weighted by Crippen LogP contribution is 2.19.